The molecule has 150 valence electrons. The van der Waals surface area contributed by atoms with E-state index >= 15 is 0 Å². The number of hydrogen-bond acceptors (Lipinski definition) is 5. The molecule has 0 unspecified atom stereocenters. The Labute approximate surface area is 169 Å². The maximum atomic E-state index is 13.1. The Morgan fingerprint density at radius 2 is 1.96 bits per heavy atom. The number of benzene rings is 1. The minimum atomic E-state index is -3.06. The number of amides is 1. The van der Waals surface area contributed by atoms with E-state index < -0.39 is 9.84 Å². The van der Waals surface area contributed by atoms with Crippen molar-refractivity contribution in [3.63, 3.8) is 0 Å². The van der Waals surface area contributed by atoms with Crippen LogP contribution in [0.2, 0.25) is 5.02 Å². The second kappa shape index (κ2) is 7.87. The molecule has 1 saturated heterocycles. The Hall–Kier alpha value is -1.86. The second-order valence-electron chi connectivity index (χ2n) is 7.53. The van der Waals surface area contributed by atoms with Crippen LogP contribution in [0.3, 0.4) is 0 Å². The molecule has 28 heavy (non-hydrogen) atoms. The van der Waals surface area contributed by atoms with Crippen LogP contribution >= 0.6 is 11.6 Å². The monoisotopic (exact) mass is 422 g/mol. The summed E-state index contributed by atoms with van der Waals surface area (Å²) < 4.78 is 29.7. The van der Waals surface area contributed by atoms with Crippen LogP contribution in [0, 0.1) is 0 Å². The molecule has 2 aliphatic rings. The Balaban J connectivity index is 1.53. The molecule has 1 saturated carbocycles. The highest BCUT2D eigenvalue weighted by Gasteiger charge is 2.39. The molecule has 2 fully saturated rings. The predicted molar refractivity (Wildman–Crippen MR) is 108 cm³/mol. The number of halogens is 1. The summed E-state index contributed by atoms with van der Waals surface area (Å²) in [5, 5.41) is 1.34. The van der Waals surface area contributed by atoms with Crippen molar-refractivity contribution in [3.8, 4) is 5.75 Å². The van der Waals surface area contributed by atoms with Crippen molar-refractivity contribution in [3.05, 3.63) is 35.5 Å². The summed E-state index contributed by atoms with van der Waals surface area (Å²) in [4.78, 5) is 19.2. The van der Waals surface area contributed by atoms with Gasteiger partial charge in [-0.3, -0.25) is 9.78 Å². The fourth-order valence-corrected chi connectivity index (χ4v) is 6.25. The van der Waals surface area contributed by atoms with Gasteiger partial charge in [-0.05, 0) is 43.5 Å². The molecule has 4 rings (SSSR count). The first-order valence-corrected chi connectivity index (χ1v) is 11.8. The molecule has 0 N–H and O–H groups in total. The molecule has 1 aliphatic heterocycles. The lowest BCUT2D eigenvalue weighted by Crippen LogP contribution is -2.48. The van der Waals surface area contributed by atoms with E-state index in [4.69, 9.17) is 16.3 Å². The number of sulfone groups is 1. The number of fused-ring (bicyclic) bond motifs is 1. The van der Waals surface area contributed by atoms with Crippen molar-refractivity contribution in [2.45, 2.75) is 44.2 Å². The van der Waals surface area contributed by atoms with Crippen molar-refractivity contribution >= 4 is 38.2 Å². The van der Waals surface area contributed by atoms with Gasteiger partial charge in [-0.2, -0.15) is 0 Å². The van der Waals surface area contributed by atoms with E-state index in [1.165, 1.54) is 0 Å². The van der Waals surface area contributed by atoms with Gasteiger partial charge in [0.25, 0.3) is 5.91 Å². The zero-order chi connectivity index (χ0) is 19.7. The molecule has 1 aromatic heterocycles. The predicted octanol–water partition coefficient (Wildman–Crippen LogP) is 3.23. The minimum Gasteiger partial charge on any atom is -0.481 e. The van der Waals surface area contributed by atoms with Crippen LogP contribution in [-0.4, -0.2) is 54.4 Å². The number of ether oxygens (including phenoxy) is 1. The standard InChI is InChI=1S/C20H23ClN2O4S/c21-17-7-8-18(20-16(17)6-3-10-22-20)27-12-19(24)23(14-4-1-2-5-14)15-9-11-28(25,26)13-15/h3,6-8,10,14-15H,1-2,4-5,9,11-13H2/t15-/m0/s1. The average Bonchev–Trinajstić information content (AvgIpc) is 3.32. The highest BCUT2D eigenvalue weighted by molar-refractivity contribution is 7.91. The maximum absolute atomic E-state index is 13.1. The molecule has 0 spiro atoms. The fraction of sp³-hybridized carbons (Fsp3) is 0.500. The molecule has 1 aliphatic carbocycles. The lowest BCUT2D eigenvalue weighted by molar-refractivity contribution is -0.137. The molecule has 2 aromatic rings. The highest BCUT2D eigenvalue weighted by Crippen LogP contribution is 2.31. The molecular weight excluding hydrogens is 400 g/mol. The summed E-state index contributed by atoms with van der Waals surface area (Å²) in [7, 11) is -3.06. The van der Waals surface area contributed by atoms with Crippen LogP contribution < -0.4 is 4.74 Å². The van der Waals surface area contributed by atoms with Gasteiger partial charge in [-0.15, -0.1) is 0 Å². The van der Waals surface area contributed by atoms with Crippen molar-refractivity contribution in [1.82, 2.24) is 9.88 Å². The van der Waals surface area contributed by atoms with Crippen LogP contribution in [-0.2, 0) is 14.6 Å². The van der Waals surface area contributed by atoms with Gasteiger partial charge in [-0.1, -0.05) is 24.4 Å². The van der Waals surface area contributed by atoms with Gasteiger partial charge in [0.15, 0.2) is 16.4 Å². The summed E-state index contributed by atoms with van der Waals surface area (Å²) in [5.74, 6) is 0.549. The number of hydrogen-bond donors (Lipinski definition) is 0. The lowest BCUT2D eigenvalue weighted by atomic mass is 10.1. The minimum absolute atomic E-state index is 0.0562. The third-order valence-electron chi connectivity index (χ3n) is 5.64. The third-order valence-corrected chi connectivity index (χ3v) is 7.72. The van der Waals surface area contributed by atoms with Crippen molar-refractivity contribution in [1.29, 1.82) is 0 Å². The normalized spacial score (nSPS) is 21.8. The molecule has 0 radical (unpaired) electrons. The van der Waals surface area contributed by atoms with Gasteiger partial charge >= 0.3 is 0 Å². The first-order valence-electron chi connectivity index (χ1n) is 9.62. The smallest absolute Gasteiger partial charge is 0.261 e. The van der Waals surface area contributed by atoms with E-state index in [1.807, 2.05) is 6.07 Å². The van der Waals surface area contributed by atoms with Gasteiger partial charge in [0.05, 0.1) is 16.5 Å². The zero-order valence-electron chi connectivity index (χ0n) is 15.5. The van der Waals surface area contributed by atoms with E-state index in [0.29, 0.717) is 22.7 Å². The van der Waals surface area contributed by atoms with Gasteiger partial charge in [-0.25, -0.2) is 8.42 Å². The van der Waals surface area contributed by atoms with Crippen molar-refractivity contribution < 1.29 is 17.9 Å². The van der Waals surface area contributed by atoms with Crippen LogP contribution in [0.25, 0.3) is 10.9 Å². The maximum Gasteiger partial charge on any atom is 0.261 e. The van der Waals surface area contributed by atoms with E-state index in [-0.39, 0.29) is 36.1 Å². The van der Waals surface area contributed by atoms with Crippen LogP contribution in [0.4, 0.5) is 0 Å². The molecular formula is C20H23ClN2O4S. The number of rotatable bonds is 5. The quantitative estimate of drug-likeness (QED) is 0.739. The Morgan fingerprint density at radius 3 is 2.68 bits per heavy atom. The van der Waals surface area contributed by atoms with Gasteiger partial charge in [0, 0.05) is 23.7 Å². The molecule has 2 heterocycles. The number of carbonyl (C=O) groups excluding carboxylic acids is 1. The molecule has 6 nitrogen and oxygen atoms in total. The Bertz CT molecular complexity index is 989. The van der Waals surface area contributed by atoms with Crippen LogP contribution in [0.1, 0.15) is 32.1 Å². The topological polar surface area (TPSA) is 76.6 Å². The number of nitrogens with zero attached hydrogens (tertiary/aromatic N) is 2. The van der Waals surface area contributed by atoms with Gasteiger partial charge < -0.3 is 9.64 Å². The summed E-state index contributed by atoms with van der Waals surface area (Å²) in [6, 6.07) is 6.95. The molecule has 8 heteroatoms. The molecule has 0 bridgehead atoms. The van der Waals surface area contributed by atoms with Crippen molar-refractivity contribution in [2.24, 2.45) is 0 Å². The first kappa shape index (κ1) is 19.5. The van der Waals surface area contributed by atoms with Gasteiger partial charge in [0.1, 0.15) is 11.3 Å². The zero-order valence-corrected chi connectivity index (χ0v) is 17.1. The SMILES string of the molecule is O=C(COc1ccc(Cl)c2cccnc12)N(C1CCCC1)[C@H]1CCS(=O)(=O)C1. The highest BCUT2D eigenvalue weighted by atomic mass is 35.5. The van der Waals surface area contributed by atoms with E-state index in [9.17, 15) is 13.2 Å². The fourth-order valence-electron chi connectivity index (χ4n) is 4.33. The van der Waals surface area contributed by atoms with E-state index in [2.05, 4.69) is 4.98 Å². The first-order chi connectivity index (χ1) is 13.4. The number of carbonyl (C=O) groups is 1. The van der Waals surface area contributed by atoms with E-state index in [0.717, 1.165) is 31.1 Å². The number of aromatic nitrogens is 1. The molecule has 1 amide bonds. The molecule has 1 atom stereocenters. The number of pyridine rings is 1. The second-order valence-corrected chi connectivity index (χ2v) is 10.2. The Kier molecular flexibility index (Phi) is 5.47. The van der Waals surface area contributed by atoms with Gasteiger partial charge in [0.2, 0.25) is 0 Å². The summed E-state index contributed by atoms with van der Waals surface area (Å²) in [6.07, 6.45) is 6.15. The van der Waals surface area contributed by atoms with Crippen LogP contribution in [0.15, 0.2) is 30.5 Å². The largest absolute Gasteiger partial charge is 0.481 e. The Morgan fingerprint density at radius 1 is 1.18 bits per heavy atom. The van der Waals surface area contributed by atoms with Crippen molar-refractivity contribution in [2.75, 3.05) is 18.1 Å². The van der Waals surface area contributed by atoms with Crippen LogP contribution in [0.5, 0.6) is 5.75 Å². The summed E-state index contributed by atoms with van der Waals surface area (Å²) in [6.45, 7) is -0.139. The summed E-state index contributed by atoms with van der Waals surface area (Å²) in [5.41, 5.74) is 0.610. The molecule has 1 aromatic carbocycles. The summed E-state index contributed by atoms with van der Waals surface area (Å²) >= 11 is 6.21. The third kappa shape index (κ3) is 3.96. The van der Waals surface area contributed by atoms with E-state index in [1.54, 1.807) is 29.3 Å². The average molecular weight is 423 g/mol. The lowest BCUT2D eigenvalue weighted by Gasteiger charge is -2.34.